The van der Waals surface area contributed by atoms with Crippen molar-refractivity contribution in [1.82, 2.24) is 23.7 Å². The molecule has 6 heteroatoms. The van der Waals surface area contributed by atoms with E-state index in [0.29, 0.717) is 33.5 Å². The van der Waals surface area contributed by atoms with Crippen LogP contribution in [0, 0.1) is 0 Å². The number of hydrogen-bond donors (Lipinski definition) is 0. The highest BCUT2D eigenvalue weighted by atomic mass is 16.3. The third-order valence-electron chi connectivity index (χ3n) is 12.0. The maximum Gasteiger partial charge on any atom is 0.237 e. The molecule has 0 spiro atoms. The summed E-state index contributed by atoms with van der Waals surface area (Å²) < 4.78 is 157. The van der Waals surface area contributed by atoms with E-state index in [9.17, 15) is 11.0 Å². The van der Waals surface area contributed by atoms with Crippen molar-refractivity contribution in [2.45, 2.75) is 0 Å². The highest BCUT2D eigenvalue weighted by molar-refractivity contribution is 6.13. The number of benzene rings is 9. The Labute approximate surface area is 388 Å². The Kier molecular flexibility index (Phi) is 4.79. The summed E-state index contributed by atoms with van der Waals surface area (Å²) in [4.78, 5) is 10.4. The summed E-state index contributed by atoms with van der Waals surface area (Å²) in [6.45, 7) is 0. The van der Waals surface area contributed by atoms with Crippen LogP contribution in [-0.4, -0.2) is 23.7 Å². The number of rotatable bonds is 5. The molecule has 5 heterocycles. The number of para-hydroxylation sites is 7. The monoisotopic (exact) mass is 833 g/mol. The average Bonchev–Trinajstić information content (AvgIpc) is 3.65. The van der Waals surface area contributed by atoms with E-state index in [0.717, 1.165) is 37.1 Å². The second kappa shape index (κ2) is 13.4. The number of furan rings is 1. The fourth-order valence-corrected chi connectivity index (χ4v) is 9.35. The van der Waals surface area contributed by atoms with Gasteiger partial charge in [-0.25, -0.2) is 4.98 Å². The molecule has 14 aromatic rings. The van der Waals surface area contributed by atoms with E-state index in [1.807, 2.05) is 109 Å². The quantitative estimate of drug-likeness (QED) is 0.174. The average molecular weight is 834 g/mol. The number of fused-ring (bicyclic) bond motifs is 12. The normalized spacial score (nSPS) is 15.6. The summed E-state index contributed by atoms with van der Waals surface area (Å²) in [7, 11) is 0. The zero-order chi connectivity index (χ0) is 55.8. The van der Waals surface area contributed by atoms with E-state index in [2.05, 4.69) is 4.57 Å². The molecular formula is C58H35N5O. The molecule has 0 aliphatic rings. The van der Waals surface area contributed by atoms with Gasteiger partial charge in [-0.15, -0.1) is 0 Å². The smallest absolute Gasteiger partial charge is 0.237 e. The maximum absolute atomic E-state index is 9.50. The van der Waals surface area contributed by atoms with Gasteiger partial charge in [0.25, 0.3) is 0 Å². The van der Waals surface area contributed by atoms with Gasteiger partial charge in [-0.3, -0.25) is 9.13 Å². The third kappa shape index (κ3) is 4.96. The van der Waals surface area contributed by atoms with Crippen LogP contribution >= 0.6 is 0 Å². The number of nitrogens with zero attached hydrogens (tertiary/aromatic N) is 5. The Bertz CT molecular complexity index is 4790. The molecule has 0 bridgehead atoms. The van der Waals surface area contributed by atoms with Gasteiger partial charge in [0.05, 0.1) is 66.4 Å². The second-order valence-electron chi connectivity index (χ2n) is 15.4. The van der Waals surface area contributed by atoms with Gasteiger partial charge >= 0.3 is 0 Å². The number of aromatic nitrogens is 5. The van der Waals surface area contributed by atoms with E-state index < -0.39 is 103 Å². The van der Waals surface area contributed by atoms with E-state index in [4.69, 9.17) is 25.4 Å². The van der Waals surface area contributed by atoms with E-state index >= 15 is 0 Å². The van der Waals surface area contributed by atoms with E-state index in [-0.39, 0.29) is 55.1 Å². The molecule has 0 aliphatic heterocycles. The Morgan fingerprint density at radius 2 is 0.922 bits per heavy atom. The van der Waals surface area contributed by atoms with Gasteiger partial charge in [0.2, 0.25) is 5.95 Å². The van der Waals surface area contributed by atoms with Crippen LogP contribution in [0.15, 0.2) is 216 Å². The summed E-state index contributed by atoms with van der Waals surface area (Å²) in [5.74, 6) is -0.695. The van der Waals surface area contributed by atoms with Crippen molar-refractivity contribution in [1.29, 1.82) is 0 Å². The predicted molar refractivity (Wildman–Crippen MR) is 263 cm³/mol. The summed E-state index contributed by atoms with van der Waals surface area (Å²) in [6, 6.07) is 25.8. The van der Waals surface area contributed by atoms with Crippen molar-refractivity contribution < 1.29 is 26.3 Å². The second-order valence-corrected chi connectivity index (χ2v) is 15.4. The van der Waals surface area contributed by atoms with Crippen LogP contribution < -0.4 is 0 Å². The minimum absolute atomic E-state index is 0.0583. The van der Waals surface area contributed by atoms with Gasteiger partial charge in [0.15, 0.2) is 0 Å². The summed E-state index contributed by atoms with van der Waals surface area (Å²) in [6.07, 6.45) is 0. The molecule has 298 valence electrons. The van der Waals surface area contributed by atoms with Crippen molar-refractivity contribution >= 4 is 87.4 Å². The fourth-order valence-electron chi connectivity index (χ4n) is 9.35. The minimum Gasteiger partial charge on any atom is -0.456 e. The van der Waals surface area contributed by atoms with Crippen LogP contribution in [-0.2, 0) is 0 Å². The topological polar surface area (TPSA) is 53.7 Å². The van der Waals surface area contributed by atoms with Gasteiger partial charge in [-0.2, -0.15) is 4.98 Å². The molecule has 64 heavy (non-hydrogen) atoms. The summed E-state index contributed by atoms with van der Waals surface area (Å²) in [5, 5.41) is 2.45. The van der Waals surface area contributed by atoms with Crippen LogP contribution in [0.1, 0.15) is 21.9 Å². The van der Waals surface area contributed by atoms with E-state index in [1.165, 1.54) is 10.6 Å². The Hall–Kier alpha value is -8.74. The molecule has 0 saturated heterocycles. The zero-order valence-electron chi connectivity index (χ0n) is 49.1. The SMILES string of the molecule is [2H]c1c([2H])c([2H])c2c(c1[2H])c1c([2H])c([2H])c([2H])c([2H])c1n2-c1cc(-c2c(-c3ccc4oc5ccccc5c4c3)cccc2-n2c3ccccc3c3ccccc32)nc(-n2c3c([2H])c([2H])c([2H])c([2H])c3c3c([2H])c([2H])c([2H])c([2H])c32)n1. The molecule has 0 atom stereocenters. The molecule has 5 aromatic heterocycles. The molecule has 0 amide bonds. The van der Waals surface area contributed by atoms with Crippen molar-refractivity contribution in [2.75, 3.05) is 0 Å². The minimum atomic E-state index is -0.700. The molecule has 0 aliphatic carbocycles. The predicted octanol–water partition coefficient (Wildman–Crippen LogP) is 15.0. The molecule has 9 aromatic carbocycles. The largest absolute Gasteiger partial charge is 0.456 e. The zero-order valence-corrected chi connectivity index (χ0v) is 33.1. The number of hydrogen-bond acceptors (Lipinski definition) is 3. The van der Waals surface area contributed by atoms with Gasteiger partial charge < -0.3 is 8.98 Å². The molecule has 0 fully saturated rings. The van der Waals surface area contributed by atoms with Crippen LogP contribution in [0.3, 0.4) is 0 Å². The third-order valence-corrected chi connectivity index (χ3v) is 12.0. The van der Waals surface area contributed by atoms with Crippen LogP contribution in [0.4, 0.5) is 0 Å². The van der Waals surface area contributed by atoms with Gasteiger partial charge in [0, 0.05) is 54.7 Å². The lowest BCUT2D eigenvalue weighted by Gasteiger charge is -2.20. The first-order valence-corrected chi connectivity index (χ1v) is 20.4. The van der Waals surface area contributed by atoms with Gasteiger partial charge in [-0.1, -0.05) is 145 Å². The lowest BCUT2D eigenvalue weighted by atomic mass is 9.94. The molecule has 0 saturated carbocycles. The highest BCUT2D eigenvalue weighted by Gasteiger charge is 2.24. The highest BCUT2D eigenvalue weighted by Crippen LogP contribution is 2.44. The first kappa shape index (κ1) is 22.9. The molecular weight excluding hydrogens is 783 g/mol. The fraction of sp³-hybridized carbons (Fsp3) is 0. The molecule has 6 nitrogen and oxygen atoms in total. The maximum atomic E-state index is 9.50. The first-order valence-electron chi connectivity index (χ1n) is 28.4. The van der Waals surface area contributed by atoms with Crippen LogP contribution in [0.2, 0.25) is 0 Å². The van der Waals surface area contributed by atoms with Crippen LogP contribution in [0.25, 0.3) is 127 Å². The van der Waals surface area contributed by atoms with Crippen molar-refractivity contribution in [3.63, 3.8) is 0 Å². The Morgan fingerprint density at radius 1 is 0.391 bits per heavy atom. The summed E-state index contributed by atoms with van der Waals surface area (Å²) in [5.41, 5.74) is 3.91. The lowest BCUT2D eigenvalue weighted by molar-refractivity contribution is 0.669. The standard InChI is InChI=1S/C58H35N5O/c1-8-24-47-38(16-1)39-17-2-9-25-48(39)61(47)53-30-15-23-37(36-32-33-55-45(34-36)44-22-7-14-31-54(44)64-55)57(53)46-35-56(62-49-26-10-3-18-40(49)41-19-4-11-27-50(41)62)60-58(59-46)63-51-28-12-5-20-42(51)43-21-6-13-29-52(43)63/h1-35H/i3D,4D,5D,6D,10D,11D,12D,13D,18D,19D,20D,21D,26D,27D,28D,29D. The van der Waals surface area contributed by atoms with Gasteiger partial charge in [-0.05, 0) is 71.7 Å². The molecule has 0 unspecified atom stereocenters. The van der Waals surface area contributed by atoms with Gasteiger partial charge in [0.1, 0.15) is 17.0 Å². The Balaban J connectivity index is 1.24. The molecule has 0 N–H and O–H groups in total. The van der Waals surface area contributed by atoms with E-state index in [1.54, 1.807) is 0 Å². The summed E-state index contributed by atoms with van der Waals surface area (Å²) >= 11 is 0. The van der Waals surface area contributed by atoms with Crippen molar-refractivity contribution in [2.24, 2.45) is 0 Å². The van der Waals surface area contributed by atoms with Crippen LogP contribution in [0.5, 0.6) is 0 Å². The van der Waals surface area contributed by atoms with Crippen molar-refractivity contribution in [3.05, 3.63) is 212 Å². The Morgan fingerprint density at radius 3 is 1.55 bits per heavy atom. The van der Waals surface area contributed by atoms with Crippen molar-refractivity contribution in [3.8, 4) is 39.8 Å². The molecule has 14 rings (SSSR count). The first-order chi connectivity index (χ1) is 38.4. The molecule has 0 radical (unpaired) electrons. The lowest BCUT2D eigenvalue weighted by Crippen LogP contribution is -2.09.